The molecule has 0 spiro atoms. The summed E-state index contributed by atoms with van der Waals surface area (Å²) in [4.78, 5) is 24.2. The molecule has 0 bridgehead atoms. The number of anilines is 1. The maximum atomic E-state index is 12.5. The zero-order chi connectivity index (χ0) is 25.5. The highest BCUT2D eigenvalue weighted by molar-refractivity contribution is 7.98. The van der Waals surface area contributed by atoms with Crippen molar-refractivity contribution in [3.63, 3.8) is 0 Å². The number of ether oxygens (including phenoxy) is 3. The smallest absolute Gasteiger partial charge is 0.244 e. The van der Waals surface area contributed by atoms with Crippen LogP contribution in [0, 0.1) is 0 Å². The summed E-state index contributed by atoms with van der Waals surface area (Å²) in [5.41, 5.74) is 1.54. The zero-order valence-corrected chi connectivity index (χ0v) is 21.9. The van der Waals surface area contributed by atoms with Gasteiger partial charge in [0.2, 0.25) is 11.7 Å². The second-order valence-electron chi connectivity index (χ2n) is 8.27. The Morgan fingerprint density at radius 3 is 2.44 bits per heavy atom. The summed E-state index contributed by atoms with van der Waals surface area (Å²) < 4.78 is 17.9. The molecule has 1 aromatic carbocycles. The van der Waals surface area contributed by atoms with Crippen molar-refractivity contribution >= 4 is 40.6 Å². The predicted molar refractivity (Wildman–Crippen MR) is 141 cm³/mol. The van der Waals surface area contributed by atoms with Gasteiger partial charge in [0.15, 0.2) is 22.3 Å². The molecule has 10 nitrogen and oxygen atoms in total. The van der Waals surface area contributed by atoms with Crippen molar-refractivity contribution in [3.05, 3.63) is 30.0 Å². The van der Waals surface area contributed by atoms with Gasteiger partial charge in [0.1, 0.15) is 5.82 Å². The first kappa shape index (κ1) is 25.6. The zero-order valence-electron chi connectivity index (χ0n) is 21.1. The van der Waals surface area contributed by atoms with Crippen LogP contribution in [0.3, 0.4) is 0 Å². The van der Waals surface area contributed by atoms with E-state index in [1.807, 2.05) is 17.1 Å². The van der Waals surface area contributed by atoms with E-state index in [2.05, 4.69) is 15.3 Å². The van der Waals surface area contributed by atoms with Gasteiger partial charge >= 0.3 is 0 Å². The molecule has 0 saturated carbocycles. The topological polar surface area (TPSA) is 104 Å². The number of thioether (sulfide) groups is 1. The Morgan fingerprint density at radius 2 is 1.81 bits per heavy atom. The lowest BCUT2D eigenvalue weighted by Crippen LogP contribution is -2.30. The van der Waals surface area contributed by atoms with Crippen molar-refractivity contribution < 1.29 is 19.0 Å². The van der Waals surface area contributed by atoms with Crippen molar-refractivity contribution in [3.8, 4) is 17.2 Å². The van der Waals surface area contributed by atoms with Crippen LogP contribution in [0.2, 0.25) is 0 Å². The highest BCUT2D eigenvalue weighted by Gasteiger charge is 2.19. The number of methoxy groups -OCH3 is 3. The first-order chi connectivity index (χ1) is 17.6. The van der Waals surface area contributed by atoms with E-state index in [-0.39, 0.29) is 5.91 Å². The summed E-state index contributed by atoms with van der Waals surface area (Å²) in [5.74, 6) is 2.29. The standard InChI is InChI=1S/C25H32N6O4S/c1-33-19-14-17(15-20(34-2)22(19)35-3)8-9-21(32)26-10-13-31-24-18(16-27-31)23(28-25(29-24)36-4)30-11-6-5-7-12-30/h8-9,14-16H,5-7,10-13H2,1-4H3,(H,26,32). The van der Waals surface area contributed by atoms with Crippen LogP contribution < -0.4 is 24.4 Å². The number of nitrogens with zero attached hydrogens (tertiary/aromatic N) is 5. The molecule has 1 aliphatic heterocycles. The van der Waals surface area contributed by atoms with E-state index in [0.29, 0.717) is 30.3 Å². The van der Waals surface area contributed by atoms with Crippen LogP contribution in [0.15, 0.2) is 29.6 Å². The molecule has 2 aromatic heterocycles. The number of hydrogen-bond donors (Lipinski definition) is 1. The number of rotatable bonds is 10. The molecule has 3 heterocycles. The fourth-order valence-corrected chi connectivity index (χ4v) is 4.59. The van der Waals surface area contributed by atoms with Gasteiger partial charge in [0, 0.05) is 25.7 Å². The van der Waals surface area contributed by atoms with Gasteiger partial charge in [-0.1, -0.05) is 11.8 Å². The predicted octanol–water partition coefficient (Wildman–Crippen LogP) is 3.39. The number of fused-ring (bicyclic) bond motifs is 1. The molecule has 36 heavy (non-hydrogen) atoms. The normalized spacial score (nSPS) is 13.8. The van der Waals surface area contributed by atoms with Gasteiger partial charge in [-0.2, -0.15) is 5.10 Å². The number of nitrogens with one attached hydrogen (secondary N) is 1. The summed E-state index contributed by atoms with van der Waals surface area (Å²) in [5, 5.41) is 9.12. The Balaban J connectivity index is 1.42. The van der Waals surface area contributed by atoms with E-state index in [4.69, 9.17) is 24.2 Å². The van der Waals surface area contributed by atoms with Gasteiger partial charge in [0.25, 0.3) is 0 Å². The highest BCUT2D eigenvalue weighted by atomic mass is 32.2. The second kappa shape index (κ2) is 12.0. The summed E-state index contributed by atoms with van der Waals surface area (Å²) in [6.45, 7) is 2.91. The average molecular weight is 513 g/mol. The Morgan fingerprint density at radius 1 is 1.08 bits per heavy atom. The van der Waals surface area contributed by atoms with Crippen LogP contribution in [-0.4, -0.2) is 72.9 Å². The summed E-state index contributed by atoms with van der Waals surface area (Å²) >= 11 is 1.52. The number of carbonyl (C=O) groups is 1. The Hall–Kier alpha value is -3.47. The molecule has 1 amide bonds. The molecule has 0 radical (unpaired) electrons. The van der Waals surface area contributed by atoms with Crippen molar-refractivity contribution in [2.45, 2.75) is 31.0 Å². The number of carbonyl (C=O) groups excluding carboxylic acids is 1. The van der Waals surface area contributed by atoms with E-state index >= 15 is 0 Å². The molecule has 0 unspecified atom stereocenters. The van der Waals surface area contributed by atoms with Crippen LogP contribution in [0.25, 0.3) is 17.1 Å². The maximum absolute atomic E-state index is 12.5. The molecule has 192 valence electrons. The monoisotopic (exact) mass is 512 g/mol. The number of aromatic nitrogens is 4. The molecule has 0 aliphatic carbocycles. The molecule has 1 N–H and O–H groups in total. The first-order valence-electron chi connectivity index (χ1n) is 11.9. The van der Waals surface area contributed by atoms with Crippen molar-refractivity contribution in [1.82, 2.24) is 25.1 Å². The van der Waals surface area contributed by atoms with Crippen LogP contribution in [0.4, 0.5) is 5.82 Å². The van der Waals surface area contributed by atoms with Gasteiger partial charge in [-0.05, 0) is 49.3 Å². The third kappa shape index (κ3) is 5.67. The highest BCUT2D eigenvalue weighted by Crippen LogP contribution is 2.38. The third-order valence-corrected chi connectivity index (χ3v) is 6.58. The minimum atomic E-state index is -0.214. The van der Waals surface area contributed by atoms with Crippen molar-refractivity contribution in [2.24, 2.45) is 0 Å². The van der Waals surface area contributed by atoms with Crippen molar-refractivity contribution in [2.75, 3.05) is 52.1 Å². The lowest BCUT2D eigenvalue weighted by molar-refractivity contribution is -0.116. The van der Waals surface area contributed by atoms with E-state index in [0.717, 1.165) is 40.7 Å². The average Bonchev–Trinajstić information content (AvgIpc) is 3.33. The lowest BCUT2D eigenvalue weighted by atomic mass is 10.1. The third-order valence-electron chi connectivity index (χ3n) is 6.03. The number of piperidine rings is 1. The van der Waals surface area contributed by atoms with Crippen molar-refractivity contribution in [1.29, 1.82) is 0 Å². The molecule has 1 aliphatic rings. The largest absolute Gasteiger partial charge is 0.493 e. The minimum absolute atomic E-state index is 0.214. The molecule has 11 heteroatoms. The van der Waals surface area contributed by atoms with Gasteiger partial charge < -0.3 is 24.4 Å². The summed E-state index contributed by atoms with van der Waals surface area (Å²) in [6.07, 6.45) is 10.6. The Bertz CT molecular complexity index is 1210. The van der Waals surface area contributed by atoms with Crippen LogP contribution >= 0.6 is 11.8 Å². The maximum Gasteiger partial charge on any atom is 0.244 e. The Labute approximate surface area is 215 Å². The number of amides is 1. The number of hydrogen-bond acceptors (Lipinski definition) is 9. The SMILES string of the molecule is COc1cc(C=CC(=O)NCCn2ncc3c(N4CCCCC4)nc(SC)nc32)cc(OC)c1OC. The minimum Gasteiger partial charge on any atom is -0.493 e. The molecule has 1 saturated heterocycles. The van der Waals surface area contributed by atoms with Crippen LogP contribution in [0.1, 0.15) is 24.8 Å². The van der Waals surface area contributed by atoms with E-state index in [1.54, 1.807) is 39.5 Å². The molecule has 4 rings (SSSR count). The van der Waals surface area contributed by atoms with Crippen LogP contribution in [0.5, 0.6) is 17.2 Å². The molecular formula is C25H32N6O4S. The fraction of sp³-hybridized carbons (Fsp3) is 0.440. The quantitative estimate of drug-likeness (QED) is 0.249. The van der Waals surface area contributed by atoms with E-state index in [9.17, 15) is 4.79 Å². The van der Waals surface area contributed by atoms with Gasteiger partial charge in [-0.15, -0.1) is 0 Å². The van der Waals surface area contributed by atoms with Gasteiger partial charge in [0.05, 0.1) is 39.5 Å². The van der Waals surface area contributed by atoms with E-state index < -0.39 is 0 Å². The fourth-order valence-electron chi connectivity index (χ4n) is 4.24. The molecule has 3 aromatic rings. The van der Waals surface area contributed by atoms with Gasteiger partial charge in [-0.25, -0.2) is 14.6 Å². The molecule has 0 atom stereocenters. The second-order valence-corrected chi connectivity index (χ2v) is 9.04. The summed E-state index contributed by atoms with van der Waals surface area (Å²) in [7, 11) is 4.66. The number of benzene rings is 1. The lowest BCUT2D eigenvalue weighted by Gasteiger charge is -2.28. The van der Waals surface area contributed by atoms with Gasteiger partial charge in [-0.3, -0.25) is 4.79 Å². The van der Waals surface area contributed by atoms with Crippen LogP contribution in [-0.2, 0) is 11.3 Å². The molecular weight excluding hydrogens is 480 g/mol. The first-order valence-corrected chi connectivity index (χ1v) is 13.1. The van der Waals surface area contributed by atoms with E-state index in [1.165, 1.54) is 37.1 Å². The summed E-state index contributed by atoms with van der Waals surface area (Å²) in [6, 6.07) is 3.56. The Kier molecular flexibility index (Phi) is 8.52. The molecule has 1 fully saturated rings.